The predicted octanol–water partition coefficient (Wildman–Crippen LogP) is 2.63. The topological polar surface area (TPSA) is 30.5 Å². The molecule has 0 radical (unpaired) electrons. The van der Waals surface area contributed by atoms with Crippen molar-refractivity contribution in [2.45, 2.75) is 25.9 Å². The largest absolute Gasteiger partial charge is 0.383 e. The van der Waals surface area contributed by atoms with Crippen LogP contribution in [-0.2, 0) is 9.47 Å². The van der Waals surface area contributed by atoms with E-state index in [9.17, 15) is 0 Å². The van der Waals surface area contributed by atoms with Crippen molar-refractivity contribution in [3.05, 3.63) is 35.9 Å². The predicted molar refractivity (Wildman–Crippen MR) is 74.7 cm³/mol. The summed E-state index contributed by atoms with van der Waals surface area (Å²) < 4.78 is 10.6. The summed E-state index contributed by atoms with van der Waals surface area (Å²) in [6, 6.07) is 10.9. The van der Waals surface area contributed by atoms with Crippen LogP contribution in [0.1, 0.15) is 25.5 Å². The van der Waals surface area contributed by atoms with Gasteiger partial charge in [0.25, 0.3) is 0 Å². The first-order valence-corrected chi connectivity index (χ1v) is 6.48. The van der Waals surface area contributed by atoms with Crippen molar-refractivity contribution in [3.63, 3.8) is 0 Å². The van der Waals surface area contributed by atoms with E-state index in [-0.39, 0.29) is 6.04 Å². The van der Waals surface area contributed by atoms with Crippen molar-refractivity contribution in [3.8, 4) is 0 Å². The average molecular weight is 251 g/mol. The van der Waals surface area contributed by atoms with Gasteiger partial charge in [0.05, 0.1) is 19.3 Å². The molecule has 1 N–H and O–H groups in total. The molecule has 18 heavy (non-hydrogen) atoms. The Morgan fingerprint density at radius 2 is 1.61 bits per heavy atom. The van der Waals surface area contributed by atoms with Gasteiger partial charge < -0.3 is 14.8 Å². The fraction of sp³-hybridized carbons (Fsp3) is 0.600. The molecule has 102 valence electrons. The molecule has 0 saturated heterocycles. The summed E-state index contributed by atoms with van der Waals surface area (Å²) in [7, 11) is 3.48. The van der Waals surface area contributed by atoms with E-state index in [1.807, 2.05) is 6.07 Å². The highest BCUT2D eigenvalue weighted by Crippen LogP contribution is 2.16. The summed E-state index contributed by atoms with van der Waals surface area (Å²) in [4.78, 5) is 0. The zero-order valence-corrected chi connectivity index (χ0v) is 11.8. The van der Waals surface area contributed by atoms with Gasteiger partial charge in [-0.2, -0.15) is 0 Å². The molecule has 0 amide bonds. The number of methoxy groups -OCH3 is 2. The Morgan fingerprint density at radius 1 is 1.00 bits per heavy atom. The van der Waals surface area contributed by atoms with Gasteiger partial charge >= 0.3 is 0 Å². The maximum absolute atomic E-state index is 5.31. The van der Waals surface area contributed by atoms with Crippen molar-refractivity contribution in [1.82, 2.24) is 5.32 Å². The van der Waals surface area contributed by atoms with Crippen LogP contribution >= 0.6 is 0 Å². The van der Waals surface area contributed by atoms with Crippen LogP contribution in [0.15, 0.2) is 30.3 Å². The van der Waals surface area contributed by atoms with Gasteiger partial charge in [0, 0.05) is 20.3 Å². The lowest BCUT2D eigenvalue weighted by atomic mass is 10.0. The van der Waals surface area contributed by atoms with Crippen LogP contribution in [0.4, 0.5) is 0 Å². The zero-order chi connectivity index (χ0) is 13.4. The second kappa shape index (κ2) is 8.25. The van der Waals surface area contributed by atoms with Crippen molar-refractivity contribution < 1.29 is 9.47 Å². The van der Waals surface area contributed by atoms with Crippen LogP contribution in [-0.4, -0.2) is 33.5 Å². The van der Waals surface area contributed by atoms with Crippen LogP contribution in [0.5, 0.6) is 0 Å². The highest BCUT2D eigenvalue weighted by Gasteiger charge is 2.19. The second-order valence-electron chi connectivity index (χ2n) is 4.89. The van der Waals surface area contributed by atoms with Gasteiger partial charge in [-0.05, 0) is 11.5 Å². The minimum atomic E-state index is 0.207. The number of nitrogens with one attached hydrogen (secondary N) is 1. The highest BCUT2D eigenvalue weighted by atomic mass is 16.5. The zero-order valence-electron chi connectivity index (χ0n) is 11.8. The highest BCUT2D eigenvalue weighted by molar-refractivity contribution is 5.19. The Balaban J connectivity index is 2.72. The normalized spacial score (nSPS) is 14.7. The molecule has 2 unspecified atom stereocenters. The molecule has 0 aliphatic heterocycles. The van der Waals surface area contributed by atoms with Crippen molar-refractivity contribution in [1.29, 1.82) is 0 Å². The lowest BCUT2D eigenvalue weighted by Crippen LogP contribution is -2.41. The van der Waals surface area contributed by atoms with Crippen molar-refractivity contribution in [2.75, 3.05) is 27.4 Å². The number of hydrogen-bond donors (Lipinski definition) is 1. The summed E-state index contributed by atoms with van der Waals surface area (Å²) in [5, 5.41) is 3.62. The number of hydrogen-bond acceptors (Lipinski definition) is 3. The summed E-state index contributed by atoms with van der Waals surface area (Å²) >= 11 is 0. The number of rotatable bonds is 8. The standard InChI is InChI=1S/C15H25NO2/c1-12(2)14(10-17-3)16-15(11-18-4)13-8-6-5-7-9-13/h5-9,12,14-16H,10-11H2,1-4H3. The van der Waals surface area contributed by atoms with Crippen LogP contribution in [0, 0.1) is 5.92 Å². The molecule has 3 heteroatoms. The molecule has 1 rings (SSSR count). The number of ether oxygens (including phenoxy) is 2. The molecule has 0 spiro atoms. The lowest BCUT2D eigenvalue weighted by Gasteiger charge is -2.28. The van der Waals surface area contributed by atoms with E-state index >= 15 is 0 Å². The summed E-state index contributed by atoms with van der Waals surface area (Å²) in [5.41, 5.74) is 1.25. The third-order valence-electron chi connectivity index (χ3n) is 3.10. The molecule has 1 aromatic rings. The average Bonchev–Trinajstić information content (AvgIpc) is 2.38. The minimum Gasteiger partial charge on any atom is -0.383 e. The fourth-order valence-corrected chi connectivity index (χ4v) is 1.96. The molecule has 0 fully saturated rings. The van der Waals surface area contributed by atoms with Crippen molar-refractivity contribution >= 4 is 0 Å². The molecule has 0 saturated carbocycles. The lowest BCUT2D eigenvalue weighted by molar-refractivity contribution is 0.115. The molecular weight excluding hydrogens is 226 g/mol. The summed E-state index contributed by atoms with van der Waals surface area (Å²) in [6.45, 7) is 5.78. The molecule has 0 bridgehead atoms. The van der Waals surface area contributed by atoms with Crippen LogP contribution in [0.2, 0.25) is 0 Å². The van der Waals surface area contributed by atoms with Gasteiger partial charge in [-0.15, -0.1) is 0 Å². The maximum Gasteiger partial charge on any atom is 0.0657 e. The third-order valence-corrected chi connectivity index (χ3v) is 3.10. The first kappa shape index (κ1) is 15.2. The van der Waals surface area contributed by atoms with E-state index in [0.717, 1.165) is 0 Å². The van der Waals surface area contributed by atoms with Gasteiger partial charge in [-0.3, -0.25) is 0 Å². The van der Waals surface area contributed by atoms with Crippen LogP contribution in [0.3, 0.4) is 0 Å². The van der Waals surface area contributed by atoms with Gasteiger partial charge in [-0.25, -0.2) is 0 Å². The molecule has 2 atom stereocenters. The fourth-order valence-electron chi connectivity index (χ4n) is 1.96. The summed E-state index contributed by atoms with van der Waals surface area (Å²) in [5.74, 6) is 0.521. The molecule has 1 aromatic carbocycles. The maximum atomic E-state index is 5.31. The molecule has 3 nitrogen and oxygen atoms in total. The Labute approximate surface area is 110 Å². The van der Waals surface area contributed by atoms with Gasteiger partial charge in [0.1, 0.15) is 0 Å². The first-order valence-electron chi connectivity index (χ1n) is 6.48. The Bertz CT molecular complexity index is 314. The van der Waals surface area contributed by atoms with Gasteiger partial charge in [0.15, 0.2) is 0 Å². The Morgan fingerprint density at radius 3 is 2.11 bits per heavy atom. The minimum absolute atomic E-state index is 0.207. The van der Waals surface area contributed by atoms with Gasteiger partial charge in [0.2, 0.25) is 0 Å². The van der Waals surface area contributed by atoms with Crippen molar-refractivity contribution in [2.24, 2.45) is 5.92 Å². The molecule has 0 aliphatic rings. The SMILES string of the molecule is COCC(NC(COC)C(C)C)c1ccccc1. The Hall–Kier alpha value is -0.900. The smallest absolute Gasteiger partial charge is 0.0657 e. The van der Waals surface area contributed by atoms with E-state index in [1.54, 1.807) is 14.2 Å². The molecular formula is C15H25NO2. The van der Waals surface area contributed by atoms with Crippen LogP contribution in [0.25, 0.3) is 0 Å². The molecule has 0 aliphatic carbocycles. The van der Waals surface area contributed by atoms with Gasteiger partial charge in [-0.1, -0.05) is 44.2 Å². The quantitative estimate of drug-likeness (QED) is 0.770. The molecule has 0 aromatic heterocycles. The van der Waals surface area contributed by atoms with E-state index in [4.69, 9.17) is 9.47 Å². The molecule has 0 heterocycles. The third kappa shape index (κ3) is 4.77. The monoisotopic (exact) mass is 251 g/mol. The summed E-state index contributed by atoms with van der Waals surface area (Å²) in [6.07, 6.45) is 0. The first-order chi connectivity index (χ1) is 8.69. The number of benzene rings is 1. The van der Waals surface area contributed by atoms with E-state index in [2.05, 4.69) is 43.4 Å². The second-order valence-corrected chi connectivity index (χ2v) is 4.89. The van der Waals surface area contributed by atoms with Crippen LogP contribution < -0.4 is 5.32 Å². The van der Waals surface area contributed by atoms with E-state index in [1.165, 1.54) is 5.56 Å². The Kier molecular flexibility index (Phi) is 6.94. The van der Waals surface area contributed by atoms with E-state index < -0.39 is 0 Å². The van der Waals surface area contributed by atoms with E-state index in [0.29, 0.717) is 25.2 Å².